The van der Waals surface area contributed by atoms with E-state index in [1.165, 1.54) is 48.5 Å². The zero-order valence-corrected chi connectivity index (χ0v) is 11.3. The van der Waals surface area contributed by atoms with Crippen LogP contribution in [0.5, 0.6) is 5.75 Å². The lowest BCUT2D eigenvalue weighted by molar-refractivity contribution is 0.102. The predicted octanol–water partition coefficient (Wildman–Crippen LogP) is 3.01. The number of fused-ring (bicyclic) bond motifs is 1. The molecule has 0 saturated carbocycles. The third-order valence-electron chi connectivity index (χ3n) is 3.10. The van der Waals surface area contributed by atoms with Crippen LogP contribution in [0.15, 0.2) is 52.9 Å². The first-order valence-electron chi connectivity index (χ1n) is 6.41. The highest BCUT2D eigenvalue weighted by atomic mass is 19.1. The molecule has 0 saturated heterocycles. The van der Waals surface area contributed by atoms with Crippen molar-refractivity contribution in [3.63, 3.8) is 0 Å². The summed E-state index contributed by atoms with van der Waals surface area (Å²) in [6.07, 6.45) is 0. The van der Waals surface area contributed by atoms with Gasteiger partial charge in [-0.15, -0.1) is 0 Å². The number of phenolic OH excluding ortho intramolecular Hbond substituents is 1. The number of carbonyl (C=O) groups excluding carboxylic acids is 1. The van der Waals surface area contributed by atoms with Gasteiger partial charge in [0, 0.05) is 11.1 Å². The monoisotopic (exact) mass is 298 g/mol. The Morgan fingerprint density at radius 1 is 1.14 bits per heavy atom. The zero-order valence-electron chi connectivity index (χ0n) is 11.3. The molecule has 0 aliphatic rings. The molecular formula is C16H11FN2O3. The van der Waals surface area contributed by atoms with Crippen molar-refractivity contribution in [1.82, 2.24) is 0 Å². The van der Waals surface area contributed by atoms with Crippen LogP contribution >= 0.6 is 0 Å². The van der Waals surface area contributed by atoms with Crippen LogP contribution in [0.2, 0.25) is 0 Å². The SMILES string of the molecule is N=c1oc2ccc(O)cc2cc1C(=O)Nc1ccc(F)cc1. The fraction of sp³-hybridized carbons (Fsp3) is 0. The highest BCUT2D eigenvalue weighted by molar-refractivity contribution is 6.05. The summed E-state index contributed by atoms with van der Waals surface area (Å²) in [6.45, 7) is 0. The zero-order chi connectivity index (χ0) is 15.7. The minimum Gasteiger partial charge on any atom is -0.508 e. The number of rotatable bonds is 2. The van der Waals surface area contributed by atoms with Gasteiger partial charge in [-0.25, -0.2) is 4.39 Å². The van der Waals surface area contributed by atoms with E-state index >= 15 is 0 Å². The molecule has 0 aliphatic heterocycles. The number of halogens is 1. The number of nitrogens with one attached hydrogen (secondary N) is 2. The van der Waals surface area contributed by atoms with E-state index < -0.39 is 11.7 Å². The quantitative estimate of drug-likeness (QED) is 0.679. The number of phenols is 1. The molecule has 5 nitrogen and oxygen atoms in total. The summed E-state index contributed by atoms with van der Waals surface area (Å²) in [5.74, 6) is -0.925. The Morgan fingerprint density at radius 2 is 1.86 bits per heavy atom. The number of anilines is 1. The van der Waals surface area contributed by atoms with Gasteiger partial charge in [-0.1, -0.05) is 0 Å². The molecule has 22 heavy (non-hydrogen) atoms. The van der Waals surface area contributed by atoms with Gasteiger partial charge in [-0.3, -0.25) is 10.2 Å². The number of hydrogen-bond donors (Lipinski definition) is 3. The van der Waals surface area contributed by atoms with E-state index in [1.807, 2.05) is 0 Å². The molecule has 1 heterocycles. The smallest absolute Gasteiger partial charge is 0.261 e. The lowest BCUT2D eigenvalue weighted by Crippen LogP contribution is -2.20. The summed E-state index contributed by atoms with van der Waals surface area (Å²) >= 11 is 0. The van der Waals surface area contributed by atoms with Crippen molar-refractivity contribution in [3.8, 4) is 5.75 Å². The van der Waals surface area contributed by atoms with E-state index in [1.54, 1.807) is 0 Å². The highest BCUT2D eigenvalue weighted by Gasteiger charge is 2.12. The normalized spacial score (nSPS) is 10.6. The topological polar surface area (TPSA) is 86.3 Å². The fourth-order valence-electron chi connectivity index (χ4n) is 2.03. The van der Waals surface area contributed by atoms with E-state index in [2.05, 4.69) is 5.32 Å². The standard InChI is InChI=1S/C16H11FN2O3/c17-10-1-3-11(4-2-10)19-16(21)13-8-9-7-12(20)5-6-14(9)22-15(13)18/h1-8,18,20H,(H,19,21). The van der Waals surface area contributed by atoms with E-state index in [-0.39, 0.29) is 16.9 Å². The van der Waals surface area contributed by atoms with Gasteiger partial charge < -0.3 is 14.8 Å². The first-order chi connectivity index (χ1) is 10.5. The largest absolute Gasteiger partial charge is 0.508 e. The Balaban J connectivity index is 1.98. The molecule has 110 valence electrons. The average molecular weight is 298 g/mol. The number of amides is 1. The highest BCUT2D eigenvalue weighted by Crippen LogP contribution is 2.19. The van der Waals surface area contributed by atoms with Crippen molar-refractivity contribution < 1.29 is 18.7 Å². The van der Waals surface area contributed by atoms with Crippen LogP contribution in [0.25, 0.3) is 11.0 Å². The molecular weight excluding hydrogens is 287 g/mol. The van der Waals surface area contributed by atoms with Crippen LogP contribution in [-0.4, -0.2) is 11.0 Å². The number of aromatic hydroxyl groups is 1. The van der Waals surface area contributed by atoms with Gasteiger partial charge in [0.25, 0.3) is 5.91 Å². The Hall–Kier alpha value is -3.15. The Morgan fingerprint density at radius 3 is 2.59 bits per heavy atom. The summed E-state index contributed by atoms with van der Waals surface area (Å²) in [6, 6.07) is 11.1. The maximum atomic E-state index is 12.8. The van der Waals surface area contributed by atoms with E-state index in [0.717, 1.165) is 0 Å². The van der Waals surface area contributed by atoms with Gasteiger partial charge in [0.05, 0.1) is 0 Å². The molecule has 1 aromatic heterocycles. The lowest BCUT2D eigenvalue weighted by Gasteiger charge is -2.06. The first-order valence-corrected chi connectivity index (χ1v) is 6.41. The van der Waals surface area contributed by atoms with Gasteiger partial charge in [-0.05, 0) is 48.5 Å². The van der Waals surface area contributed by atoms with Crippen LogP contribution in [0.4, 0.5) is 10.1 Å². The Labute approximate surface area is 124 Å². The van der Waals surface area contributed by atoms with Crippen molar-refractivity contribution in [3.05, 3.63) is 65.5 Å². The third-order valence-corrected chi connectivity index (χ3v) is 3.10. The van der Waals surface area contributed by atoms with Crippen molar-refractivity contribution >= 4 is 22.6 Å². The second-order valence-corrected chi connectivity index (χ2v) is 4.67. The van der Waals surface area contributed by atoms with Crippen molar-refractivity contribution in [2.45, 2.75) is 0 Å². The van der Waals surface area contributed by atoms with Crippen LogP contribution < -0.4 is 10.9 Å². The van der Waals surface area contributed by atoms with E-state index in [4.69, 9.17) is 9.83 Å². The predicted molar refractivity (Wildman–Crippen MR) is 78.1 cm³/mol. The summed E-state index contributed by atoms with van der Waals surface area (Å²) in [4.78, 5) is 12.2. The molecule has 3 aromatic rings. The molecule has 0 unspecified atom stereocenters. The van der Waals surface area contributed by atoms with Crippen LogP contribution in [0.3, 0.4) is 0 Å². The number of carbonyl (C=O) groups is 1. The van der Waals surface area contributed by atoms with Crippen molar-refractivity contribution in [2.75, 3.05) is 5.32 Å². The molecule has 2 aromatic carbocycles. The van der Waals surface area contributed by atoms with E-state index in [9.17, 15) is 14.3 Å². The summed E-state index contributed by atoms with van der Waals surface area (Å²) < 4.78 is 18.1. The molecule has 0 atom stereocenters. The second kappa shape index (κ2) is 5.33. The molecule has 6 heteroatoms. The van der Waals surface area contributed by atoms with Gasteiger partial charge in [-0.2, -0.15) is 0 Å². The van der Waals surface area contributed by atoms with Crippen LogP contribution in [0.1, 0.15) is 10.4 Å². The van der Waals surface area contributed by atoms with Gasteiger partial charge in [0.2, 0.25) is 5.55 Å². The Bertz CT molecular complexity index is 917. The molecule has 0 bridgehead atoms. The summed E-state index contributed by atoms with van der Waals surface area (Å²) in [5.41, 5.74) is 0.517. The summed E-state index contributed by atoms with van der Waals surface area (Å²) in [5, 5.41) is 20.3. The minimum atomic E-state index is -0.550. The van der Waals surface area contributed by atoms with E-state index in [0.29, 0.717) is 16.7 Å². The average Bonchev–Trinajstić information content (AvgIpc) is 2.49. The molecule has 1 amide bonds. The lowest BCUT2D eigenvalue weighted by atomic mass is 10.1. The van der Waals surface area contributed by atoms with Crippen molar-refractivity contribution in [1.29, 1.82) is 5.41 Å². The van der Waals surface area contributed by atoms with Gasteiger partial charge in [0.15, 0.2) is 0 Å². The molecule has 0 aliphatic carbocycles. The first kappa shape index (κ1) is 13.8. The van der Waals surface area contributed by atoms with Gasteiger partial charge in [0.1, 0.15) is 22.7 Å². The maximum Gasteiger partial charge on any atom is 0.261 e. The molecule has 0 fully saturated rings. The second-order valence-electron chi connectivity index (χ2n) is 4.67. The number of hydrogen-bond acceptors (Lipinski definition) is 4. The minimum absolute atomic E-state index is 0.0161. The molecule has 0 spiro atoms. The van der Waals surface area contributed by atoms with Crippen LogP contribution in [-0.2, 0) is 0 Å². The molecule has 3 N–H and O–H groups in total. The fourth-order valence-corrected chi connectivity index (χ4v) is 2.03. The summed E-state index contributed by atoms with van der Waals surface area (Å²) in [7, 11) is 0. The van der Waals surface area contributed by atoms with Gasteiger partial charge >= 0.3 is 0 Å². The van der Waals surface area contributed by atoms with Crippen molar-refractivity contribution in [2.24, 2.45) is 0 Å². The third kappa shape index (κ3) is 2.67. The maximum absolute atomic E-state index is 12.8. The molecule has 3 rings (SSSR count). The van der Waals surface area contributed by atoms with Crippen LogP contribution in [0, 0.1) is 11.2 Å². The number of benzene rings is 2. The Kier molecular flexibility index (Phi) is 3.34. The molecule has 0 radical (unpaired) electrons.